The summed E-state index contributed by atoms with van der Waals surface area (Å²) in [5, 5.41) is 2.95. The summed E-state index contributed by atoms with van der Waals surface area (Å²) < 4.78 is 45.7. The summed E-state index contributed by atoms with van der Waals surface area (Å²) in [7, 11) is 0. The SMILES string of the molecule is O=C(NCC1CCOC1)N1CCN(CCCOCC(F)(F)F)CC1. The molecule has 0 saturated carbocycles. The van der Waals surface area contributed by atoms with Crippen LogP contribution in [0.3, 0.4) is 0 Å². The quantitative estimate of drug-likeness (QED) is 0.702. The zero-order valence-corrected chi connectivity index (χ0v) is 13.8. The number of amides is 2. The van der Waals surface area contributed by atoms with Crippen molar-refractivity contribution in [2.24, 2.45) is 5.92 Å². The Kier molecular flexibility index (Phi) is 7.57. The molecule has 0 spiro atoms. The average molecular weight is 353 g/mol. The predicted octanol–water partition coefficient (Wildman–Crippen LogP) is 1.32. The van der Waals surface area contributed by atoms with Gasteiger partial charge in [-0.05, 0) is 12.8 Å². The Morgan fingerprint density at radius 2 is 2.00 bits per heavy atom. The number of nitrogens with zero attached hydrogens (tertiary/aromatic N) is 2. The lowest BCUT2D eigenvalue weighted by molar-refractivity contribution is -0.174. The maximum atomic E-state index is 12.1. The molecule has 2 saturated heterocycles. The van der Waals surface area contributed by atoms with E-state index in [-0.39, 0.29) is 12.6 Å². The topological polar surface area (TPSA) is 54.0 Å². The number of hydrogen-bond donors (Lipinski definition) is 1. The second kappa shape index (κ2) is 9.43. The van der Waals surface area contributed by atoms with Crippen LogP contribution in [-0.2, 0) is 9.47 Å². The van der Waals surface area contributed by atoms with E-state index in [4.69, 9.17) is 4.74 Å². The van der Waals surface area contributed by atoms with E-state index in [1.165, 1.54) is 0 Å². The van der Waals surface area contributed by atoms with Crippen molar-refractivity contribution < 1.29 is 27.4 Å². The number of hydrogen-bond acceptors (Lipinski definition) is 4. The Morgan fingerprint density at radius 3 is 2.62 bits per heavy atom. The van der Waals surface area contributed by atoms with Crippen LogP contribution in [0.5, 0.6) is 0 Å². The summed E-state index contributed by atoms with van der Waals surface area (Å²) in [6.07, 6.45) is -2.71. The number of piperazine rings is 1. The molecule has 2 amide bonds. The molecule has 140 valence electrons. The molecular formula is C15H26F3N3O3. The Bertz CT molecular complexity index is 382. The first-order valence-electron chi connectivity index (χ1n) is 8.41. The summed E-state index contributed by atoms with van der Waals surface area (Å²) >= 11 is 0. The summed E-state index contributed by atoms with van der Waals surface area (Å²) in [6.45, 7) is 4.47. The van der Waals surface area contributed by atoms with Crippen molar-refractivity contribution in [2.45, 2.75) is 19.0 Å². The summed E-state index contributed by atoms with van der Waals surface area (Å²) in [6, 6.07) is -0.0462. The number of rotatable bonds is 7. The fourth-order valence-electron chi connectivity index (χ4n) is 2.84. The van der Waals surface area contributed by atoms with Gasteiger partial charge < -0.3 is 19.7 Å². The van der Waals surface area contributed by atoms with E-state index in [0.29, 0.717) is 45.1 Å². The summed E-state index contributed by atoms with van der Waals surface area (Å²) in [5.41, 5.74) is 0. The molecule has 1 unspecified atom stereocenters. The molecule has 2 heterocycles. The highest BCUT2D eigenvalue weighted by molar-refractivity contribution is 5.74. The Labute approximate surface area is 140 Å². The molecule has 2 aliphatic rings. The van der Waals surface area contributed by atoms with Gasteiger partial charge in [0.1, 0.15) is 6.61 Å². The van der Waals surface area contributed by atoms with Gasteiger partial charge in [0.05, 0.1) is 6.61 Å². The van der Waals surface area contributed by atoms with Crippen LogP contribution in [0.4, 0.5) is 18.0 Å². The largest absolute Gasteiger partial charge is 0.411 e. The van der Waals surface area contributed by atoms with Crippen LogP contribution in [0.1, 0.15) is 12.8 Å². The third kappa shape index (κ3) is 7.23. The first kappa shape index (κ1) is 19.3. The summed E-state index contributed by atoms with van der Waals surface area (Å²) in [5.74, 6) is 0.409. The number of nitrogens with one attached hydrogen (secondary N) is 1. The van der Waals surface area contributed by atoms with E-state index in [0.717, 1.165) is 26.1 Å². The van der Waals surface area contributed by atoms with Crippen molar-refractivity contribution in [2.75, 3.05) is 65.7 Å². The van der Waals surface area contributed by atoms with E-state index in [1.54, 1.807) is 4.90 Å². The van der Waals surface area contributed by atoms with Gasteiger partial charge >= 0.3 is 12.2 Å². The predicted molar refractivity (Wildman–Crippen MR) is 81.8 cm³/mol. The highest BCUT2D eigenvalue weighted by Gasteiger charge is 2.27. The fraction of sp³-hybridized carbons (Fsp3) is 0.933. The first-order valence-corrected chi connectivity index (χ1v) is 8.41. The molecule has 6 nitrogen and oxygen atoms in total. The molecule has 0 aromatic carbocycles. The second-order valence-corrected chi connectivity index (χ2v) is 6.27. The zero-order chi connectivity index (χ0) is 17.4. The van der Waals surface area contributed by atoms with E-state index < -0.39 is 12.8 Å². The molecule has 2 fully saturated rings. The van der Waals surface area contributed by atoms with Crippen molar-refractivity contribution in [3.05, 3.63) is 0 Å². The lowest BCUT2D eigenvalue weighted by atomic mass is 10.1. The van der Waals surface area contributed by atoms with Gasteiger partial charge in [-0.2, -0.15) is 13.2 Å². The zero-order valence-electron chi connectivity index (χ0n) is 13.8. The van der Waals surface area contributed by atoms with Crippen molar-refractivity contribution in [3.8, 4) is 0 Å². The van der Waals surface area contributed by atoms with Gasteiger partial charge in [0.2, 0.25) is 0 Å². The van der Waals surface area contributed by atoms with Crippen LogP contribution in [0.2, 0.25) is 0 Å². The number of halogens is 3. The minimum atomic E-state index is -4.26. The molecule has 2 aliphatic heterocycles. The minimum Gasteiger partial charge on any atom is -0.381 e. The fourth-order valence-corrected chi connectivity index (χ4v) is 2.84. The Hall–Kier alpha value is -1.06. The first-order chi connectivity index (χ1) is 11.4. The number of urea groups is 1. The van der Waals surface area contributed by atoms with Gasteiger partial charge in [-0.15, -0.1) is 0 Å². The molecule has 0 aromatic heterocycles. The summed E-state index contributed by atoms with van der Waals surface area (Å²) in [4.78, 5) is 16.0. The van der Waals surface area contributed by atoms with Crippen LogP contribution in [0.15, 0.2) is 0 Å². The van der Waals surface area contributed by atoms with E-state index in [9.17, 15) is 18.0 Å². The molecule has 24 heavy (non-hydrogen) atoms. The van der Waals surface area contributed by atoms with Crippen LogP contribution in [0.25, 0.3) is 0 Å². The maximum absolute atomic E-state index is 12.1. The Balaban J connectivity index is 1.51. The monoisotopic (exact) mass is 353 g/mol. The Morgan fingerprint density at radius 1 is 1.25 bits per heavy atom. The number of ether oxygens (including phenoxy) is 2. The average Bonchev–Trinajstić information content (AvgIpc) is 3.05. The van der Waals surface area contributed by atoms with Crippen molar-refractivity contribution in [1.82, 2.24) is 15.1 Å². The number of carbonyl (C=O) groups is 1. The lowest BCUT2D eigenvalue weighted by Crippen LogP contribution is -2.52. The van der Waals surface area contributed by atoms with Crippen LogP contribution >= 0.6 is 0 Å². The van der Waals surface area contributed by atoms with Gasteiger partial charge in [-0.1, -0.05) is 0 Å². The smallest absolute Gasteiger partial charge is 0.381 e. The van der Waals surface area contributed by atoms with Gasteiger partial charge in [-0.3, -0.25) is 4.90 Å². The van der Waals surface area contributed by atoms with Crippen molar-refractivity contribution in [1.29, 1.82) is 0 Å². The maximum Gasteiger partial charge on any atom is 0.411 e. The standard InChI is InChI=1S/C15H26F3N3O3/c16-15(17,18)12-24-8-1-3-20-4-6-21(7-5-20)14(22)19-10-13-2-9-23-11-13/h13H,1-12H2,(H,19,22). The van der Waals surface area contributed by atoms with Crippen molar-refractivity contribution >= 4 is 6.03 Å². The molecule has 0 radical (unpaired) electrons. The third-order valence-corrected chi connectivity index (χ3v) is 4.25. The molecule has 9 heteroatoms. The highest BCUT2D eigenvalue weighted by atomic mass is 19.4. The van der Waals surface area contributed by atoms with Gasteiger partial charge in [0.25, 0.3) is 0 Å². The second-order valence-electron chi connectivity index (χ2n) is 6.27. The molecule has 0 aromatic rings. The van der Waals surface area contributed by atoms with E-state index >= 15 is 0 Å². The van der Waals surface area contributed by atoms with E-state index in [2.05, 4.69) is 15.0 Å². The van der Waals surface area contributed by atoms with Crippen molar-refractivity contribution in [3.63, 3.8) is 0 Å². The van der Waals surface area contributed by atoms with Gasteiger partial charge in [0, 0.05) is 58.4 Å². The molecule has 0 bridgehead atoms. The van der Waals surface area contributed by atoms with Gasteiger partial charge in [0.15, 0.2) is 0 Å². The molecule has 0 aliphatic carbocycles. The molecular weight excluding hydrogens is 327 g/mol. The van der Waals surface area contributed by atoms with Gasteiger partial charge in [-0.25, -0.2) is 4.79 Å². The minimum absolute atomic E-state index is 0.0462. The third-order valence-electron chi connectivity index (χ3n) is 4.25. The number of carbonyl (C=O) groups excluding carboxylic acids is 1. The normalized spacial score (nSPS) is 22.8. The lowest BCUT2D eigenvalue weighted by Gasteiger charge is -2.34. The molecule has 1 N–H and O–H groups in total. The highest BCUT2D eigenvalue weighted by Crippen LogP contribution is 2.14. The number of alkyl halides is 3. The van der Waals surface area contributed by atoms with Crippen LogP contribution < -0.4 is 5.32 Å². The molecule has 1 atom stereocenters. The van der Waals surface area contributed by atoms with Crippen LogP contribution in [0, 0.1) is 5.92 Å². The van der Waals surface area contributed by atoms with E-state index in [1.807, 2.05) is 0 Å². The van der Waals surface area contributed by atoms with Crippen LogP contribution in [-0.4, -0.2) is 87.7 Å². The molecule has 2 rings (SSSR count).